The van der Waals surface area contributed by atoms with E-state index in [1.165, 1.54) is 19.3 Å². The molecule has 18 heavy (non-hydrogen) atoms. The van der Waals surface area contributed by atoms with Crippen LogP contribution in [-0.4, -0.2) is 12.6 Å². The summed E-state index contributed by atoms with van der Waals surface area (Å²) in [4.78, 5) is 0. The highest BCUT2D eigenvalue weighted by Crippen LogP contribution is 2.31. The van der Waals surface area contributed by atoms with Gasteiger partial charge in [0.05, 0.1) is 6.61 Å². The van der Waals surface area contributed by atoms with Gasteiger partial charge in [0.15, 0.2) is 0 Å². The molecule has 0 aromatic heterocycles. The first-order chi connectivity index (χ1) is 8.70. The van der Waals surface area contributed by atoms with Gasteiger partial charge in [0.25, 0.3) is 0 Å². The monoisotopic (exact) mass is 267 g/mol. The first-order valence-electron chi connectivity index (χ1n) is 6.86. The lowest BCUT2D eigenvalue weighted by atomic mass is 9.86. The van der Waals surface area contributed by atoms with Crippen molar-refractivity contribution in [3.8, 4) is 5.75 Å². The van der Waals surface area contributed by atoms with E-state index in [1.54, 1.807) is 0 Å². The van der Waals surface area contributed by atoms with E-state index in [2.05, 4.69) is 6.92 Å². The maximum absolute atomic E-state index is 6.26. The molecule has 0 saturated heterocycles. The van der Waals surface area contributed by atoms with Gasteiger partial charge in [0.2, 0.25) is 0 Å². The van der Waals surface area contributed by atoms with Crippen LogP contribution in [0.15, 0.2) is 18.2 Å². The Bertz CT molecular complexity index is 390. The minimum absolute atomic E-state index is 0.149. The van der Waals surface area contributed by atoms with E-state index in [0.29, 0.717) is 0 Å². The number of benzene rings is 1. The largest absolute Gasteiger partial charge is 0.493 e. The van der Waals surface area contributed by atoms with Crippen molar-refractivity contribution in [2.24, 2.45) is 11.7 Å². The molecule has 1 aromatic rings. The van der Waals surface area contributed by atoms with Crippen LogP contribution in [0.2, 0.25) is 5.02 Å². The van der Waals surface area contributed by atoms with Crippen LogP contribution in [0, 0.1) is 5.92 Å². The van der Waals surface area contributed by atoms with Crippen molar-refractivity contribution in [2.45, 2.75) is 45.1 Å². The highest BCUT2D eigenvalue weighted by atomic mass is 35.5. The summed E-state index contributed by atoms with van der Waals surface area (Å²) in [5.74, 6) is 1.65. The highest BCUT2D eigenvalue weighted by Gasteiger charge is 2.19. The van der Waals surface area contributed by atoms with E-state index in [0.717, 1.165) is 41.7 Å². The lowest BCUT2D eigenvalue weighted by Gasteiger charge is -2.26. The predicted octanol–water partition coefficient (Wildman–Crippen LogP) is 3.80. The maximum Gasteiger partial charge on any atom is 0.124 e. The van der Waals surface area contributed by atoms with Crippen molar-refractivity contribution in [1.82, 2.24) is 0 Å². The van der Waals surface area contributed by atoms with Crippen LogP contribution < -0.4 is 10.5 Å². The number of hydrogen-bond acceptors (Lipinski definition) is 2. The first-order valence-corrected chi connectivity index (χ1v) is 7.24. The summed E-state index contributed by atoms with van der Waals surface area (Å²) >= 11 is 6.26. The molecule has 1 aliphatic carbocycles. The molecular weight excluding hydrogens is 246 g/mol. The van der Waals surface area contributed by atoms with Crippen LogP contribution in [0.3, 0.4) is 0 Å². The van der Waals surface area contributed by atoms with E-state index >= 15 is 0 Å². The zero-order valence-electron chi connectivity index (χ0n) is 11.0. The third kappa shape index (κ3) is 3.39. The average molecular weight is 268 g/mol. The van der Waals surface area contributed by atoms with Crippen molar-refractivity contribution in [3.63, 3.8) is 0 Å². The molecule has 0 amide bonds. The Kier molecular flexibility index (Phi) is 4.90. The molecule has 0 heterocycles. The van der Waals surface area contributed by atoms with Gasteiger partial charge in [0.1, 0.15) is 5.75 Å². The van der Waals surface area contributed by atoms with Crippen LogP contribution in [0.25, 0.3) is 0 Å². The third-order valence-corrected chi connectivity index (χ3v) is 4.12. The van der Waals surface area contributed by atoms with Gasteiger partial charge >= 0.3 is 0 Å². The Morgan fingerprint density at radius 3 is 2.83 bits per heavy atom. The fourth-order valence-corrected chi connectivity index (χ4v) is 2.39. The highest BCUT2D eigenvalue weighted by molar-refractivity contribution is 6.31. The molecule has 0 bridgehead atoms. The summed E-state index contributed by atoms with van der Waals surface area (Å²) in [7, 11) is 0. The molecular formula is C15H22ClNO. The quantitative estimate of drug-likeness (QED) is 0.851. The first kappa shape index (κ1) is 13.7. The second-order valence-electron chi connectivity index (χ2n) is 5.20. The Hall–Kier alpha value is -0.730. The van der Waals surface area contributed by atoms with Crippen molar-refractivity contribution < 1.29 is 4.74 Å². The second-order valence-corrected chi connectivity index (χ2v) is 5.60. The maximum atomic E-state index is 6.26. The van der Waals surface area contributed by atoms with Crippen molar-refractivity contribution in [2.75, 3.05) is 6.61 Å². The van der Waals surface area contributed by atoms with Crippen molar-refractivity contribution >= 4 is 11.6 Å². The molecule has 1 aromatic carbocycles. The molecule has 2 rings (SSSR count). The molecule has 1 saturated carbocycles. The van der Waals surface area contributed by atoms with E-state index in [4.69, 9.17) is 22.1 Å². The zero-order chi connectivity index (χ0) is 13.0. The van der Waals surface area contributed by atoms with Gasteiger partial charge in [-0.1, -0.05) is 31.0 Å². The SMILES string of the molecule is CCC(N)Cc1c(Cl)cccc1OCC1CCC1. The normalized spacial score (nSPS) is 17.3. The molecule has 2 nitrogen and oxygen atoms in total. The summed E-state index contributed by atoms with van der Waals surface area (Å²) in [5, 5.41) is 0.769. The number of halogens is 1. The van der Waals surface area contributed by atoms with Crippen LogP contribution >= 0.6 is 11.6 Å². The van der Waals surface area contributed by atoms with Gasteiger partial charge in [-0.05, 0) is 43.7 Å². The van der Waals surface area contributed by atoms with E-state index in [9.17, 15) is 0 Å². The van der Waals surface area contributed by atoms with Gasteiger partial charge in [-0.25, -0.2) is 0 Å². The number of ether oxygens (including phenoxy) is 1. The van der Waals surface area contributed by atoms with Crippen molar-refractivity contribution in [1.29, 1.82) is 0 Å². The summed E-state index contributed by atoms with van der Waals surface area (Å²) in [5.41, 5.74) is 7.08. The smallest absolute Gasteiger partial charge is 0.124 e. The van der Waals surface area contributed by atoms with Crippen LogP contribution in [0.1, 0.15) is 38.2 Å². The third-order valence-electron chi connectivity index (χ3n) is 3.77. The number of hydrogen-bond donors (Lipinski definition) is 1. The molecule has 0 spiro atoms. The van der Waals surface area contributed by atoms with E-state index < -0.39 is 0 Å². The molecule has 0 aliphatic heterocycles. The lowest BCUT2D eigenvalue weighted by Crippen LogP contribution is -2.23. The van der Waals surface area contributed by atoms with Gasteiger partial charge < -0.3 is 10.5 Å². The van der Waals surface area contributed by atoms with Crippen LogP contribution in [-0.2, 0) is 6.42 Å². The standard InChI is InChI=1S/C15H22ClNO/c1-2-12(17)9-13-14(16)7-4-8-15(13)18-10-11-5-3-6-11/h4,7-8,11-12H,2-3,5-6,9-10,17H2,1H3. The summed E-state index contributed by atoms with van der Waals surface area (Å²) in [6.45, 7) is 2.91. The Balaban J connectivity index is 2.04. The second kappa shape index (κ2) is 6.44. The fraction of sp³-hybridized carbons (Fsp3) is 0.600. The molecule has 1 atom stereocenters. The minimum Gasteiger partial charge on any atom is -0.493 e. The Labute approximate surface area is 114 Å². The molecule has 1 unspecified atom stereocenters. The van der Waals surface area contributed by atoms with Crippen LogP contribution in [0.5, 0.6) is 5.75 Å². The lowest BCUT2D eigenvalue weighted by molar-refractivity contribution is 0.179. The van der Waals surface area contributed by atoms with E-state index in [-0.39, 0.29) is 6.04 Å². The predicted molar refractivity (Wildman–Crippen MR) is 76.3 cm³/mol. The molecule has 3 heteroatoms. The van der Waals surface area contributed by atoms with Gasteiger partial charge in [-0.2, -0.15) is 0 Å². The van der Waals surface area contributed by atoms with Crippen LogP contribution in [0.4, 0.5) is 0 Å². The van der Waals surface area contributed by atoms with E-state index in [1.807, 2.05) is 18.2 Å². The average Bonchev–Trinajstić information content (AvgIpc) is 2.31. The summed E-state index contributed by atoms with van der Waals surface area (Å²) in [6.07, 6.45) is 5.68. The van der Waals surface area contributed by atoms with Gasteiger partial charge in [-0.15, -0.1) is 0 Å². The number of rotatable bonds is 6. The van der Waals surface area contributed by atoms with Gasteiger partial charge in [0, 0.05) is 16.6 Å². The molecule has 1 aliphatic rings. The molecule has 0 radical (unpaired) electrons. The fourth-order valence-electron chi connectivity index (χ4n) is 2.15. The van der Waals surface area contributed by atoms with Gasteiger partial charge in [-0.3, -0.25) is 0 Å². The number of nitrogens with two attached hydrogens (primary N) is 1. The molecule has 100 valence electrons. The minimum atomic E-state index is 0.149. The summed E-state index contributed by atoms with van der Waals surface area (Å²) in [6, 6.07) is 6.01. The topological polar surface area (TPSA) is 35.2 Å². The molecule has 2 N–H and O–H groups in total. The Morgan fingerprint density at radius 1 is 1.44 bits per heavy atom. The zero-order valence-corrected chi connectivity index (χ0v) is 11.7. The van der Waals surface area contributed by atoms with Crippen molar-refractivity contribution in [3.05, 3.63) is 28.8 Å². The molecule has 1 fully saturated rings. The Morgan fingerprint density at radius 2 is 2.22 bits per heavy atom. The summed E-state index contributed by atoms with van der Waals surface area (Å²) < 4.78 is 5.93.